The summed E-state index contributed by atoms with van der Waals surface area (Å²) in [5.74, 6) is 2.42. The summed E-state index contributed by atoms with van der Waals surface area (Å²) in [6, 6.07) is 11.7. The molecule has 2 aromatic carbocycles. The van der Waals surface area contributed by atoms with E-state index < -0.39 is 5.91 Å². The Hall–Kier alpha value is -3.85. The van der Waals surface area contributed by atoms with E-state index in [0.717, 1.165) is 40.9 Å². The average molecular weight is 513 g/mol. The van der Waals surface area contributed by atoms with Crippen LogP contribution in [0.25, 0.3) is 33.5 Å². The van der Waals surface area contributed by atoms with Crippen LogP contribution >= 0.6 is 0 Å². The van der Waals surface area contributed by atoms with Gasteiger partial charge in [0.1, 0.15) is 11.3 Å². The van der Waals surface area contributed by atoms with E-state index in [1.54, 1.807) is 13.2 Å². The van der Waals surface area contributed by atoms with E-state index in [1.807, 2.05) is 40.8 Å². The molecule has 4 N–H and O–H groups in total. The average Bonchev–Trinajstić information content (AvgIpc) is 3.81. The standard InChI is InChI=1S/C29H32N6O3/c1-33-26-21(8-17(10-24(26)38-2)29(37)35-14-18(12-30)20-11-22(20)35)32-28(33)23-9-16-4-3-5-19(27(31)36)25(16)34(23)13-15-6-7-15/h3-5,8-10,15,18,20,22H,6-7,11-14,30H2,1-2H3,(H2,31,36)/t18-,20+,22?/m0/s1. The Morgan fingerprint density at radius 2 is 1.97 bits per heavy atom. The van der Waals surface area contributed by atoms with Crippen molar-refractivity contribution in [2.75, 3.05) is 20.2 Å². The van der Waals surface area contributed by atoms with Crippen molar-refractivity contribution in [3.8, 4) is 17.3 Å². The number of hydrogen-bond donors (Lipinski definition) is 2. The number of methoxy groups -OCH3 is 1. The number of likely N-dealkylation sites (tertiary alicyclic amines) is 1. The van der Waals surface area contributed by atoms with Gasteiger partial charge in [0, 0.05) is 37.1 Å². The number of nitrogens with zero attached hydrogens (tertiary/aromatic N) is 4. The van der Waals surface area contributed by atoms with Gasteiger partial charge < -0.3 is 30.2 Å². The summed E-state index contributed by atoms with van der Waals surface area (Å²) in [7, 11) is 3.58. The Morgan fingerprint density at radius 1 is 1.16 bits per heavy atom. The summed E-state index contributed by atoms with van der Waals surface area (Å²) < 4.78 is 9.99. The molecule has 1 saturated heterocycles. The van der Waals surface area contributed by atoms with Crippen LogP contribution in [0.1, 0.15) is 40.0 Å². The highest BCUT2D eigenvalue weighted by Gasteiger charge is 2.54. The second-order valence-corrected chi connectivity index (χ2v) is 11.2. The van der Waals surface area contributed by atoms with Crippen molar-refractivity contribution in [2.45, 2.75) is 31.8 Å². The number of para-hydroxylation sites is 1. The largest absolute Gasteiger partial charge is 0.494 e. The fraction of sp³-hybridized carbons (Fsp3) is 0.414. The van der Waals surface area contributed by atoms with Crippen molar-refractivity contribution in [1.82, 2.24) is 19.0 Å². The molecular weight excluding hydrogens is 480 g/mol. The van der Waals surface area contributed by atoms with Crippen molar-refractivity contribution < 1.29 is 14.3 Å². The van der Waals surface area contributed by atoms with Crippen molar-refractivity contribution in [3.63, 3.8) is 0 Å². The minimum atomic E-state index is -0.441. The molecule has 1 unspecified atom stereocenters. The van der Waals surface area contributed by atoms with Crippen LogP contribution in [0.4, 0.5) is 0 Å². The molecule has 2 aromatic heterocycles. The molecule has 9 nitrogen and oxygen atoms in total. The van der Waals surface area contributed by atoms with E-state index in [-0.39, 0.29) is 5.91 Å². The molecule has 3 heterocycles. The maximum atomic E-state index is 13.6. The molecule has 1 aliphatic heterocycles. The third-order valence-corrected chi connectivity index (χ3v) is 8.76. The van der Waals surface area contributed by atoms with Gasteiger partial charge in [0.25, 0.3) is 11.8 Å². The highest BCUT2D eigenvalue weighted by atomic mass is 16.5. The molecule has 7 rings (SSSR count). The molecule has 3 aliphatic rings. The van der Waals surface area contributed by atoms with Crippen LogP contribution in [0.3, 0.4) is 0 Å². The molecule has 0 spiro atoms. The van der Waals surface area contributed by atoms with Gasteiger partial charge in [-0.2, -0.15) is 0 Å². The molecule has 2 amide bonds. The predicted molar refractivity (Wildman–Crippen MR) is 145 cm³/mol. The van der Waals surface area contributed by atoms with Gasteiger partial charge in [0.2, 0.25) is 0 Å². The first-order valence-electron chi connectivity index (χ1n) is 13.4. The molecule has 38 heavy (non-hydrogen) atoms. The monoisotopic (exact) mass is 512 g/mol. The first-order chi connectivity index (χ1) is 18.4. The smallest absolute Gasteiger partial charge is 0.254 e. The second kappa shape index (κ2) is 8.33. The highest BCUT2D eigenvalue weighted by molar-refractivity contribution is 6.07. The number of rotatable bonds is 7. The third kappa shape index (κ3) is 3.45. The molecule has 2 aliphatic carbocycles. The minimum Gasteiger partial charge on any atom is -0.494 e. The zero-order valence-corrected chi connectivity index (χ0v) is 21.7. The van der Waals surface area contributed by atoms with Crippen molar-refractivity contribution >= 4 is 33.8 Å². The topological polar surface area (TPSA) is 121 Å². The molecule has 2 saturated carbocycles. The Labute approximate surface area is 220 Å². The summed E-state index contributed by atoms with van der Waals surface area (Å²) in [4.78, 5) is 32.9. The van der Waals surface area contributed by atoms with E-state index >= 15 is 0 Å². The molecule has 196 valence electrons. The number of piperidine rings is 1. The van der Waals surface area contributed by atoms with Crippen LogP contribution in [0, 0.1) is 17.8 Å². The first kappa shape index (κ1) is 23.3. The highest BCUT2D eigenvalue weighted by Crippen LogP contribution is 2.48. The zero-order valence-electron chi connectivity index (χ0n) is 21.7. The van der Waals surface area contributed by atoms with Crippen molar-refractivity contribution in [1.29, 1.82) is 0 Å². The predicted octanol–water partition coefficient (Wildman–Crippen LogP) is 3.13. The van der Waals surface area contributed by atoms with Crippen LogP contribution in [-0.4, -0.2) is 57.1 Å². The number of carbonyl (C=O) groups is 2. The van der Waals surface area contributed by atoms with E-state index in [2.05, 4.69) is 10.6 Å². The van der Waals surface area contributed by atoms with Crippen LogP contribution in [0.2, 0.25) is 0 Å². The van der Waals surface area contributed by atoms with Gasteiger partial charge in [-0.05, 0) is 67.8 Å². The maximum absolute atomic E-state index is 13.6. The minimum absolute atomic E-state index is 0.00907. The lowest BCUT2D eigenvalue weighted by molar-refractivity contribution is 0.0759. The molecule has 3 fully saturated rings. The summed E-state index contributed by atoms with van der Waals surface area (Å²) in [5.41, 5.74) is 16.1. The number of imidazole rings is 1. The SMILES string of the molecule is COc1cc(C(=O)N2C[C@H](CN)[C@H]3CC32)cc2nc(-c3cc4cccc(C(N)=O)c4n3CC3CC3)n(C)c12. The summed E-state index contributed by atoms with van der Waals surface area (Å²) in [6.45, 7) is 2.12. The summed E-state index contributed by atoms with van der Waals surface area (Å²) >= 11 is 0. The first-order valence-corrected chi connectivity index (χ1v) is 13.4. The fourth-order valence-corrected chi connectivity index (χ4v) is 6.51. The number of ether oxygens (including phenoxy) is 1. The quantitative estimate of drug-likeness (QED) is 0.394. The fourth-order valence-electron chi connectivity index (χ4n) is 6.51. The lowest BCUT2D eigenvalue weighted by atomic mass is 10.1. The molecular formula is C29H32N6O3. The molecule has 0 bridgehead atoms. The molecule has 3 atom stereocenters. The van der Waals surface area contributed by atoms with E-state index in [4.69, 9.17) is 21.2 Å². The van der Waals surface area contributed by atoms with Crippen molar-refractivity contribution in [3.05, 3.63) is 47.5 Å². The number of nitrogens with two attached hydrogens (primary N) is 2. The summed E-state index contributed by atoms with van der Waals surface area (Å²) in [6.07, 6.45) is 3.38. The Morgan fingerprint density at radius 3 is 2.66 bits per heavy atom. The molecule has 0 radical (unpaired) electrons. The summed E-state index contributed by atoms with van der Waals surface area (Å²) in [5, 5.41) is 0.953. The van der Waals surface area contributed by atoms with Crippen LogP contribution in [-0.2, 0) is 13.6 Å². The number of primary amides is 1. The molecule has 4 aromatic rings. The number of hydrogen-bond acceptors (Lipinski definition) is 5. The Kier molecular flexibility index (Phi) is 5.10. The van der Waals surface area contributed by atoms with Crippen LogP contribution < -0.4 is 16.2 Å². The van der Waals surface area contributed by atoms with Crippen LogP contribution in [0.15, 0.2) is 36.4 Å². The van der Waals surface area contributed by atoms with Gasteiger partial charge >= 0.3 is 0 Å². The lowest BCUT2D eigenvalue weighted by Crippen LogP contribution is -2.33. The Bertz CT molecular complexity index is 1630. The number of benzene rings is 2. The van der Waals surface area contributed by atoms with Gasteiger partial charge in [-0.1, -0.05) is 12.1 Å². The van der Waals surface area contributed by atoms with Gasteiger partial charge in [-0.25, -0.2) is 4.98 Å². The number of fused-ring (bicyclic) bond motifs is 3. The van der Waals surface area contributed by atoms with Crippen molar-refractivity contribution in [2.24, 2.45) is 36.3 Å². The van der Waals surface area contributed by atoms with E-state index in [1.165, 1.54) is 12.8 Å². The second-order valence-electron chi connectivity index (χ2n) is 11.2. The number of amides is 2. The maximum Gasteiger partial charge on any atom is 0.254 e. The van der Waals surface area contributed by atoms with Crippen LogP contribution in [0.5, 0.6) is 5.75 Å². The lowest BCUT2D eigenvalue weighted by Gasteiger charge is -2.20. The van der Waals surface area contributed by atoms with Gasteiger partial charge in [-0.3, -0.25) is 9.59 Å². The molecule has 9 heteroatoms. The number of carbonyl (C=O) groups excluding carboxylic acids is 2. The van der Waals surface area contributed by atoms with E-state index in [9.17, 15) is 9.59 Å². The van der Waals surface area contributed by atoms with Gasteiger partial charge in [-0.15, -0.1) is 0 Å². The van der Waals surface area contributed by atoms with E-state index in [0.29, 0.717) is 59.3 Å². The van der Waals surface area contributed by atoms with Gasteiger partial charge in [0.05, 0.1) is 29.4 Å². The third-order valence-electron chi connectivity index (χ3n) is 8.76. The number of aryl methyl sites for hydroxylation is 1. The number of aromatic nitrogens is 3. The van der Waals surface area contributed by atoms with Gasteiger partial charge in [0.15, 0.2) is 5.82 Å². The normalized spacial score (nSPS) is 22.3. The Balaban J connectivity index is 1.37. The zero-order chi connectivity index (χ0) is 26.3.